The van der Waals surface area contributed by atoms with E-state index in [0.717, 1.165) is 11.0 Å². The minimum Gasteiger partial charge on any atom is -0.378 e. The van der Waals surface area contributed by atoms with E-state index in [-0.39, 0.29) is 5.91 Å². The second kappa shape index (κ2) is 4.38. The maximum Gasteiger partial charge on any atom is 0.254 e. The van der Waals surface area contributed by atoms with Gasteiger partial charge < -0.3 is 9.64 Å². The topological polar surface area (TPSA) is 60.2 Å². The van der Waals surface area contributed by atoms with Crippen LogP contribution < -0.4 is 0 Å². The second-order valence-corrected chi connectivity index (χ2v) is 4.32. The molecule has 1 aromatic carbocycles. The molecule has 0 radical (unpaired) electrons. The molecule has 1 saturated heterocycles. The fourth-order valence-corrected chi connectivity index (χ4v) is 2.12. The van der Waals surface area contributed by atoms with Crippen molar-refractivity contribution in [3.63, 3.8) is 0 Å². The highest BCUT2D eigenvalue weighted by atomic mass is 16.5. The Bertz CT molecular complexity index is 587. The molecule has 18 heavy (non-hydrogen) atoms. The maximum atomic E-state index is 12.3. The minimum absolute atomic E-state index is 0.0332. The highest BCUT2D eigenvalue weighted by Gasteiger charge is 2.19. The first-order valence-electron chi connectivity index (χ1n) is 5.92. The number of aryl methyl sites for hydroxylation is 1. The molecule has 0 saturated carbocycles. The number of rotatable bonds is 1. The van der Waals surface area contributed by atoms with Crippen LogP contribution in [-0.4, -0.2) is 52.1 Å². The predicted octanol–water partition coefficient (Wildman–Crippen LogP) is 0.441. The van der Waals surface area contributed by atoms with Crippen LogP contribution in [0.4, 0.5) is 0 Å². The molecule has 1 aliphatic rings. The van der Waals surface area contributed by atoms with Gasteiger partial charge in [0, 0.05) is 25.7 Å². The standard InChI is InChI=1S/C12H14N4O2/c1-15-11-3-2-9(8-10(11)13-14-15)12(17)16-4-6-18-7-5-16/h2-3,8H,4-7H2,1H3. The van der Waals surface area contributed by atoms with E-state index in [0.29, 0.717) is 31.9 Å². The number of carbonyl (C=O) groups is 1. The van der Waals surface area contributed by atoms with Gasteiger partial charge in [-0.1, -0.05) is 5.21 Å². The summed E-state index contributed by atoms with van der Waals surface area (Å²) < 4.78 is 6.93. The lowest BCUT2D eigenvalue weighted by Crippen LogP contribution is -2.40. The Balaban J connectivity index is 1.91. The van der Waals surface area contributed by atoms with Crippen LogP contribution in [-0.2, 0) is 11.8 Å². The summed E-state index contributed by atoms with van der Waals surface area (Å²) in [4.78, 5) is 14.1. The molecule has 2 aromatic rings. The number of nitrogens with zero attached hydrogens (tertiary/aromatic N) is 4. The zero-order valence-corrected chi connectivity index (χ0v) is 10.2. The number of benzene rings is 1. The first kappa shape index (κ1) is 11.2. The van der Waals surface area contributed by atoms with Crippen molar-refractivity contribution in [3.05, 3.63) is 23.8 Å². The van der Waals surface area contributed by atoms with Crippen molar-refractivity contribution in [2.45, 2.75) is 0 Å². The van der Waals surface area contributed by atoms with Gasteiger partial charge in [0.15, 0.2) is 0 Å². The van der Waals surface area contributed by atoms with Gasteiger partial charge in [-0.2, -0.15) is 0 Å². The van der Waals surface area contributed by atoms with Crippen LogP contribution in [0.25, 0.3) is 11.0 Å². The van der Waals surface area contributed by atoms with Gasteiger partial charge in [0.2, 0.25) is 0 Å². The molecule has 1 amide bonds. The summed E-state index contributed by atoms with van der Waals surface area (Å²) in [7, 11) is 1.83. The summed E-state index contributed by atoms with van der Waals surface area (Å²) in [6.45, 7) is 2.52. The number of ether oxygens (including phenoxy) is 1. The summed E-state index contributed by atoms with van der Waals surface area (Å²) in [6, 6.07) is 5.49. The fraction of sp³-hybridized carbons (Fsp3) is 0.417. The highest BCUT2D eigenvalue weighted by molar-refractivity contribution is 5.97. The molecule has 6 heteroatoms. The van der Waals surface area contributed by atoms with Crippen LogP contribution in [0.2, 0.25) is 0 Å². The lowest BCUT2D eigenvalue weighted by molar-refractivity contribution is 0.0303. The Kier molecular flexibility index (Phi) is 2.71. The van der Waals surface area contributed by atoms with E-state index in [1.807, 2.05) is 19.2 Å². The van der Waals surface area contributed by atoms with E-state index < -0.39 is 0 Å². The van der Waals surface area contributed by atoms with Crippen molar-refractivity contribution in [3.8, 4) is 0 Å². The minimum atomic E-state index is 0.0332. The van der Waals surface area contributed by atoms with Gasteiger partial charge in [0.25, 0.3) is 5.91 Å². The van der Waals surface area contributed by atoms with E-state index >= 15 is 0 Å². The third-order valence-corrected chi connectivity index (χ3v) is 3.16. The first-order chi connectivity index (χ1) is 8.75. The van der Waals surface area contributed by atoms with E-state index in [4.69, 9.17) is 4.74 Å². The lowest BCUT2D eigenvalue weighted by atomic mass is 10.1. The molecule has 94 valence electrons. The van der Waals surface area contributed by atoms with Crippen LogP contribution in [0.5, 0.6) is 0 Å². The average molecular weight is 246 g/mol. The smallest absolute Gasteiger partial charge is 0.254 e. The number of amides is 1. The van der Waals surface area contributed by atoms with Crippen molar-refractivity contribution < 1.29 is 9.53 Å². The van der Waals surface area contributed by atoms with Gasteiger partial charge in [0.05, 0.1) is 18.7 Å². The Morgan fingerprint density at radius 1 is 1.33 bits per heavy atom. The number of fused-ring (bicyclic) bond motifs is 1. The number of aromatic nitrogens is 3. The summed E-state index contributed by atoms with van der Waals surface area (Å²) in [6.07, 6.45) is 0. The number of carbonyl (C=O) groups excluding carboxylic acids is 1. The van der Waals surface area contributed by atoms with Crippen LogP contribution in [0.1, 0.15) is 10.4 Å². The molecular formula is C12H14N4O2. The third kappa shape index (κ3) is 1.84. The van der Waals surface area contributed by atoms with Gasteiger partial charge in [-0.3, -0.25) is 4.79 Å². The van der Waals surface area contributed by atoms with Gasteiger partial charge in [-0.15, -0.1) is 5.10 Å². The van der Waals surface area contributed by atoms with Crippen molar-refractivity contribution >= 4 is 16.9 Å². The zero-order chi connectivity index (χ0) is 12.5. The zero-order valence-electron chi connectivity index (χ0n) is 10.2. The molecule has 3 rings (SSSR count). The van der Waals surface area contributed by atoms with E-state index in [9.17, 15) is 4.79 Å². The third-order valence-electron chi connectivity index (χ3n) is 3.16. The molecule has 1 fully saturated rings. The number of morpholine rings is 1. The van der Waals surface area contributed by atoms with Crippen molar-refractivity contribution in [1.82, 2.24) is 19.9 Å². The van der Waals surface area contributed by atoms with Gasteiger partial charge >= 0.3 is 0 Å². The Labute approximate surface area is 104 Å². The average Bonchev–Trinajstić information content (AvgIpc) is 2.80. The van der Waals surface area contributed by atoms with Crippen LogP contribution in [0.3, 0.4) is 0 Å². The predicted molar refractivity (Wildman–Crippen MR) is 65.2 cm³/mol. The normalized spacial score (nSPS) is 16.2. The maximum absolute atomic E-state index is 12.3. The van der Waals surface area contributed by atoms with Crippen LogP contribution >= 0.6 is 0 Å². The summed E-state index contributed by atoms with van der Waals surface area (Å²) in [5, 5.41) is 7.95. The molecule has 0 aliphatic carbocycles. The molecule has 0 atom stereocenters. The summed E-state index contributed by atoms with van der Waals surface area (Å²) in [5.74, 6) is 0.0332. The molecule has 0 spiro atoms. The highest BCUT2D eigenvalue weighted by Crippen LogP contribution is 2.14. The molecule has 6 nitrogen and oxygen atoms in total. The SMILES string of the molecule is Cn1nnc2cc(C(=O)N3CCOCC3)ccc21. The largest absolute Gasteiger partial charge is 0.378 e. The Morgan fingerprint density at radius 2 is 2.11 bits per heavy atom. The van der Waals surface area contributed by atoms with Gasteiger partial charge in [-0.05, 0) is 18.2 Å². The Hall–Kier alpha value is -1.95. The first-order valence-corrected chi connectivity index (χ1v) is 5.92. The van der Waals surface area contributed by atoms with Crippen LogP contribution in [0, 0.1) is 0 Å². The van der Waals surface area contributed by atoms with Crippen molar-refractivity contribution in [1.29, 1.82) is 0 Å². The molecule has 1 aliphatic heterocycles. The lowest BCUT2D eigenvalue weighted by Gasteiger charge is -2.26. The molecule has 2 heterocycles. The number of hydrogen-bond acceptors (Lipinski definition) is 4. The van der Waals surface area contributed by atoms with Gasteiger partial charge in [-0.25, -0.2) is 4.68 Å². The fourth-order valence-electron chi connectivity index (χ4n) is 2.12. The molecule has 1 aromatic heterocycles. The van der Waals surface area contributed by atoms with Crippen LogP contribution in [0.15, 0.2) is 18.2 Å². The van der Waals surface area contributed by atoms with E-state index in [2.05, 4.69) is 10.3 Å². The van der Waals surface area contributed by atoms with E-state index in [1.54, 1.807) is 15.6 Å². The quantitative estimate of drug-likeness (QED) is 0.732. The monoisotopic (exact) mass is 246 g/mol. The molecule has 0 N–H and O–H groups in total. The molecule has 0 unspecified atom stereocenters. The van der Waals surface area contributed by atoms with Crippen molar-refractivity contribution in [2.24, 2.45) is 7.05 Å². The van der Waals surface area contributed by atoms with E-state index in [1.165, 1.54) is 0 Å². The summed E-state index contributed by atoms with van der Waals surface area (Å²) in [5.41, 5.74) is 2.33. The number of hydrogen-bond donors (Lipinski definition) is 0. The summed E-state index contributed by atoms with van der Waals surface area (Å²) >= 11 is 0. The second-order valence-electron chi connectivity index (χ2n) is 4.32. The molecule has 0 bridgehead atoms. The molecular weight excluding hydrogens is 232 g/mol. The van der Waals surface area contributed by atoms with Crippen molar-refractivity contribution in [2.75, 3.05) is 26.3 Å². The Morgan fingerprint density at radius 3 is 2.89 bits per heavy atom. The van der Waals surface area contributed by atoms with Gasteiger partial charge in [0.1, 0.15) is 5.52 Å².